The van der Waals surface area contributed by atoms with Crippen LogP contribution >= 0.6 is 0 Å². The van der Waals surface area contributed by atoms with Gasteiger partial charge in [-0.3, -0.25) is 4.79 Å². The van der Waals surface area contributed by atoms with Crippen LogP contribution in [-0.4, -0.2) is 10.5 Å². The third-order valence-electron chi connectivity index (χ3n) is 2.34. The van der Waals surface area contributed by atoms with Gasteiger partial charge in [0, 0.05) is 24.1 Å². The van der Waals surface area contributed by atoms with E-state index in [1.807, 2.05) is 42.1 Å². The summed E-state index contributed by atoms with van der Waals surface area (Å²) in [6.45, 7) is 3.42. The van der Waals surface area contributed by atoms with Gasteiger partial charge in [0.2, 0.25) is 5.91 Å². The van der Waals surface area contributed by atoms with E-state index in [4.69, 9.17) is 0 Å². The van der Waals surface area contributed by atoms with Gasteiger partial charge in [0.15, 0.2) is 0 Å². The maximum Gasteiger partial charge on any atom is 0.247 e. The molecule has 76 valence electrons. The van der Waals surface area contributed by atoms with Crippen LogP contribution in [0.25, 0.3) is 10.9 Å². The summed E-state index contributed by atoms with van der Waals surface area (Å²) in [4.78, 5) is 11.2. The van der Waals surface area contributed by atoms with E-state index in [2.05, 4.69) is 11.9 Å². The first-order valence-corrected chi connectivity index (χ1v) is 4.70. The average Bonchev–Trinajstić information content (AvgIpc) is 2.57. The Kier molecular flexibility index (Phi) is 2.29. The number of aromatic nitrogens is 1. The minimum Gasteiger partial charge on any atom is -0.348 e. The van der Waals surface area contributed by atoms with Gasteiger partial charge in [0.05, 0.1) is 5.69 Å². The molecule has 0 saturated heterocycles. The average molecular weight is 200 g/mol. The van der Waals surface area contributed by atoms with Crippen molar-refractivity contribution in [3.63, 3.8) is 0 Å². The van der Waals surface area contributed by atoms with Gasteiger partial charge in [-0.25, -0.2) is 0 Å². The van der Waals surface area contributed by atoms with Crippen LogP contribution in [0.1, 0.15) is 0 Å². The summed E-state index contributed by atoms with van der Waals surface area (Å²) in [5.41, 5.74) is 1.91. The second kappa shape index (κ2) is 3.61. The van der Waals surface area contributed by atoms with Crippen LogP contribution < -0.4 is 5.32 Å². The lowest BCUT2D eigenvalue weighted by atomic mass is 10.2. The standard InChI is InChI=1S/C12H12N2O/c1-3-12(15)13-10-8-14(2)11-7-5-4-6-9(10)11/h3-8H,1H2,2H3,(H,13,15). The van der Waals surface area contributed by atoms with Gasteiger partial charge in [-0.05, 0) is 12.1 Å². The van der Waals surface area contributed by atoms with Crippen molar-refractivity contribution < 1.29 is 4.79 Å². The maximum atomic E-state index is 11.2. The van der Waals surface area contributed by atoms with E-state index in [0.717, 1.165) is 16.6 Å². The maximum absolute atomic E-state index is 11.2. The molecule has 0 saturated carbocycles. The molecule has 0 radical (unpaired) electrons. The van der Waals surface area contributed by atoms with E-state index in [1.165, 1.54) is 6.08 Å². The zero-order valence-corrected chi connectivity index (χ0v) is 8.53. The Balaban J connectivity index is 2.52. The van der Waals surface area contributed by atoms with Crippen molar-refractivity contribution in [3.05, 3.63) is 43.1 Å². The quantitative estimate of drug-likeness (QED) is 0.741. The molecular formula is C12H12N2O. The predicted octanol–water partition coefficient (Wildman–Crippen LogP) is 2.30. The molecule has 1 aromatic heterocycles. The van der Waals surface area contributed by atoms with E-state index in [-0.39, 0.29) is 5.91 Å². The van der Waals surface area contributed by atoms with E-state index in [9.17, 15) is 4.79 Å². The fourth-order valence-electron chi connectivity index (χ4n) is 1.63. The number of aryl methyl sites for hydroxylation is 1. The number of carbonyl (C=O) groups excluding carboxylic acids is 1. The lowest BCUT2D eigenvalue weighted by molar-refractivity contribution is -0.111. The van der Waals surface area contributed by atoms with Crippen LogP contribution in [0.3, 0.4) is 0 Å². The Hall–Kier alpha value is -2.03. The molecule has 0 unspecified atom stereocenters. The van der Waals surface area contributed by atoms with Gasteiger partial charge >= 0.3 is 0 Å². The summed E-state index contributed by atoms with van der Waals surface area (Å²) in [5, 5.41) is 3.81. The summed E-state index contributed by atoms with van der Waals surface area (Å²) in [6, 6.07) is 7.92. The first-order chi connectivity index (χ1) is 7.22. The number of carbonyl (C=O) groups is 1. The minimum atomic E-state index is -0.189. The van der Waals surface area contributed by atoms with Crippen LogP contribution in [0.15, 0.2) is 43.1 Å². The molecule has 0 bridgehead atoms. The molecular weight excluding hydrogens is 188 g/mol. The number of nitrogens with one attached hydrogen (secondary N) is 1. The molecule has 1 heterocycles. The number of para-hydroxylation sites is 1. The zero-order chi connectivity index (χ0) is 10.8. The largest absolute Gasteiger partial charge is 0.348 e. The molecule has 3 heteroatoms. The van der Waals surface area contributed by atoms with Crippen molar-refractivity contribution in [1.29, 1.82) is 0 Å². The van der Waals surface area contributed by atoms with Crippen molar-refractivity contribution in [3.8, 4) is 0 Å². The van der Waals surface area contributed by atoms with Crippen LogP contribution in [0.2, 0.25) is 0 Å². The molecule has 15 heavy (non-hydrogen) atoms. The number of nitrogens with zero attached hydrogens (tertiary/aromatic N) is 1. The van der Waals surface area contributed by atoms with Crippen molar-refractivity contribution >= 4 is 22.5 Å². The van der Waals surface area contributed by atoms with Crippen molar-refractivity contribution in [2.24, 2.45) is 7.05 Å². The topological polar surface area (TPSA) is 34.0 Å². The molecule has 3 nitrogen and oxygen atoms in total. The molecule has 0 atom stereocenters. The fraction of sp³-hybridized carbons (Fsp3) is 0.0833. The molecule has 0 aliphatic carbocycles. The van der Waals surface area contributed by atoms with E-state index in [1.54, 1.807) is 0 Å². The minimum absolute atomic E-state index is 0.189. The molecule has 0 aliphatic rings. The SMILES string of the molecule is C=CC(=O)Nc1cn(C)c2ccccc12. The smallest absolute Gasteiger partial charge is 0.247 e. The summed E-state index contributed by atoms with van der Waals surface area (Å²) in [6.07, 6.45) is 3.16. The lowest BCUT2D eigenvalue weighted by Gasteiger charge is -1.98. The van der Waals surface area contributed by atoms with Crippen LogP contribution in [0, 0.1) is 0 Å². The summed E-state index contributed by atoms with van der Waals surface area (Å²) >= 11 is 0. The number of anilines is 1. The Labute approximate surface area is 88.0 Å². The second-order valence-electron chi connectivity index (χ2n) is 3.36. The number of fused-ring (bicyclic) bond motifs is 1. The van der Waals surface area contributed by atoms with Gasteiger partial charge < -0.3 is 9.88 Å². The number of amides is 1. The molecule has 2 aromatic rings. The molecule has 0 spiro atoms. The third kappa shape index (κ3) is 1.64. The predicted molar refractivity (Wildman–Crippen MR) is 61.7 cm³/mol. The first kappa shape index (κ1) is 9.52. The van der Waals surface area contributed by atoms with Crippen LogP contribution in [0.4, 0.5) is 5.69 Å². The highest BCUT2D eigenvalue weighted by atomic mass is 16.1. The summed E-state index contributed by atoms with van der Waals surface area (Å²) in [5.74, 6) is -0.189. The zero-order valence-electron chi connectivity index (χ0n) is 8.53. The van der Waals surface area contributed by atoms with Crippen molar-refractivity contribution in [1.82, 2.24) is 4.57 Å². The third-order valence-corrected chi connectivity index (χ3v) is 2.34. The van der Waals surface area contributed by atoms with E-state index >= 15 is 0 Å². The molecule has 1 N–H and O–H groups in total. The highest BCUT2D eigenvalue weighted by molar-refractivity contribution is 6.05. The van der Waals surface area contributed by atoms with E-state index in [0.29, 0.717) is 0 Å². The van der Waals surface area contributed by atoms with Gasteiger partial charge in [-0.1, -0.05) is 24.8 Å². The van der Waals surface area contributed by atoms with Crippen molar-refractivity contribution in [2.45, 2.75) is 0 Å². The van der Waals surface area contributed by atoms with Gasteiger partial charge in [-0.2, -0.15) is 0 Å². The number of rotatable bonds is 2. The Bertz CT molecular complexity index is 525. The van der Waals surface area contributed by atoms with Crippen molar-refractivity contribution in [2.75, 3.05) is 5.32 Å². The second-order valence-corrected chi connectivity index (χ2v) is 3.36. The molecule has 2 rings (SSSR count). The summed E-state index contributed by atoms with van der Waals surface area (Å²) < 4.78 is 1.98. The van der Waals surface area contributed by atoms with Gasteiger partial charge in [-0.15, -0.1) is 0 Å². The normalized spacial score (nSPS) is 10.2. The Morgan fingerprint density at radius 1 is 1.47 bits per heavy atom. The van der Waals surface area contributed by atoms with Crippen LogP contribution in [0.5, 0.6) is 0 Å². The lowest BCUT2D eigenvalue weighted by Crippen LogP contribution is -2.06. The molecule has 0 fully saturated rings. The van der Waals surface area contributed by atoms with E-state index < -0.39 is 0 Å². The Morgan fingerprint density at radius 2 is 2.20 bits per heavy atom. The molecule has 1 aromatic carbocycles. The highest BCUT2D eigenvalue weighted by Gasteiger charge is 2.06. The highest BCUT2D eigenvalue weighted by Crippen LogP contribution is 2.24. The monoisotopic (exact) mass is 200 g/mol. The number of benzene rings is 1. The van der Waals surface area contributed by atoms with Gasteiger partial charge in [0.1, 0.15) is 0 Å². The molecule has 0 aliphatic heterocycles. The summed E-state index contributed by atoms with van der Waals surface area (Å²) in [7, 11) is 1.95. The molecule has 1 amide bonds. The van der Waals surface area contributed by atoms with Gasteiger partial charge in [0.25, 0.3) is 0 Å². The fourth-order valence-corrected chi connectivity index (χ4v) is 1.63. The van der Waals surface area contributed by atoms with Crippen LogP contribution in [-0.2, 0) is 11.8 Å². The first-order valence-electron chi connectivity index (χ1n) is 4.70. The number of hydrogen-bond acceptors (Lipinski definition) is 1. The Morgan fingerprint density at radius 3 is 2.93 bits per heavy atom. The number of hydrogen-bond donors (Lipinski definition) is 1.